The molecule has 0 N–H and O–H groups in total. The monoisotopic (exact) mass is 209 g/mol. The molecule has 6 nitrogen and oxygen atoms in total. The summed E-state index contributed by atoms with van der Waals surface area (Å²) in [6.45, 7) is 1.98. The topological polar surface area (TPSA) is 91.9 Å². The highest BCUT2D eigenvalue weighted by Gasteiger charge is 2.31. The van der Waals surface area contributed by atoms with Gasteiger partial charge in [0, 0.05) is 6.42 Å². The van der Waals surface area contributed by atoms with Crippen LogP contribution in [-0.2, 0) is 14.3 Å². The molecule has 0 aromatic heterocycles. The lowest BCUT2D eigenvalue weighted by atomic mass is 10.1. The molecule has 0 aliphatic carbocycles. The summed E-state index contributed by atoms with van der Waals surface area (Å²) < 4.78 is 4.50. The van der Waals surface area contributed by atoms with E-state index in [9.17, 15) is 9.59 Å². The van der Waals surface area contributed by atoms with Crippen molar-refractivity contribution in [3.05, 3.63) is 0 Å². The van der Waals surface area contributed by atoms with E-state index < -0.39 is 5.85 Å². The Morgan fingerprint density at radius 1 is 1.27 bits per heavy atom. The Labute approximate surface area is 87.3 Å². The van der Waals surface area contributed by atoms with Gasteiger partial charge in [0.1, 0.15) is 0 Å². The zero-order chi connectivity index (χ0) is 11.6. The molecule has 0 aromatic carbocycles. The molecule has 0 bridgehead atoms. The minimum absolute atomic E-state index is 0.179. The van der Waals surface area contributed by atoms with E-state index in [1.165, 1.54) is 18.4 Å². The SMILES string of the molecule is CCCCCC(N=C=O)(N=C=O)OC#N. The summed E-state index contributed by atoms with van der Waals surface area (Å²) in [5.74, 6) is -1.76. The number of nitrogens with zero attached hydrogens (tertiary/aromatic N) is 3. The van der Waals surface area contributed by atoms with Gasteiger partial charge in [-0.1, -0.05) is 19.8 Å². The molecular formula is C9H11N3O3. The van der Waals surface area contributed by atoms with Crippen LogP contribution in [0.25, 0.3) is 0 Å². The molecule has 0 rings (SSSR count). The van der Waals surface area contributed by atoms with E-state index in [0.29, 0.717) is 6.42 Å². The van der Waals surface area contributed by atoms with Crippen LogP contribution in [0.15, 0.2) is 9.98 Å². The molecule has 0 fully saturated rings. The minimum atomic E-state index is -1.76. The smallest absolute Gasteiger partial charge is 0.330 e. The zero-order valence-electron chi connectivity index (χ0n) is 8.39. The maximum absolute atomic E-state index is 10.1. The van der Waals surface area contributed by atoms with Crippen LogP contribution in [0.1, 0.15) is 32.6 Å². The van der Waals surface area contributed by atoms with Gasteiger partial charge in [-0.05, 0) is 6.42 Å². The zero-order valence-corrected chi connectivity index (χ0v) is 8.39. The lowest BCUT2D eigenvalue weighted by Crippen LogP contribution is -2.25. The second kappa shape index (κ2) is 7.45. The summed E-state index contributed by atoms with van der Waals surface area (Å²) >= 11 is 0. The van der Waals surface area contributed by atoms with Crippen LogP contribution >= 0.6 is 0 Å². The van der Waals surface area contributed by atoms with Crippen molar-refractivity contribution in [3.63, 3.8) is 0 Å². The number of rotatable bonds is 7. The molecule has 0 heterocycles. The Balaban J connectivity index is 4.70. The third kappa shape index (κ3) is 4.72. The Morgan fingerprint density at radius 3 is 2.27 bits per heavy atom. The van der Waals surface area contributed by atoms with Gasteiger partial charge in [-0.2, -0.15) is 5.26 Å². The van der Waals surface area contributed by atoms with E-state index >= 15 is 0 Å². The average molecular weight is 209 g/mol. The maximum atomic E-state index is 10.1. The molecule has 15 heavy (non-hydrogen) atoms. The number of ether oxygens (including phenoxy) is 1. The van der Waals surface area contributed by atoms with Gasteiger partial charge in [-0.15, -0.1) is 9.98 Å². The maximum Gasteiger partial charge on any atom is 0.330 e. The van der Waals surface area contributed by atoms with Gasteiger partial charge in [0.15, 0.2) is 0 Å². The number of carbonyl (C=O) groups excluding carboxylic acids is 2. The van der Waals surface area contributed by atoms with Crippen molar-refractivity contribution in [2.75, 3.05) is 0 Å². The van der Waals surface area contributed by atoms with E-state index in [-0.39, 0.29) is 6.42 Å². The van der Waals surface area contributed by atoms with Gasteiger partial charge in [-0.25, -0.2) is 9.59 Å². The first-order valence-electron chi connectivity index (χ1n) is 4.50. The molecule has 0 aromatic rings. The Bertz CT molecular complexity index is 304. The molecule has 0 amide bonds. The summed E-state index contributed by atoms with van der Waals surface area (Å²) in [4.78, 5) is 26.7. The van der Waals surface area contributed by atoms with Crippen molar-refractivity contribution >= 4 is 12.2 Å². The normalized spacial score (nSPS) is 12.5. The highest BCUT2D eigenvalue weighted by Crippen LogP contribution is 2.22. The van der Waals surface area contributed by atoms with Gasteiger partial charge < -0.3 is 4.74 Å². The summed E-state index contributed by atoms with van der Waals surface area (Å²) in [7, 11) is 0. The number of nitriles is 1. The predicted octanol–water partition coefficient (Wildman–Crippen LogP) is 1.39. The van der Waals surface area contributed by atoms with Gasteiger partial charge in [-0.3, -0.25) is 0 Å². The fourth-order valence-corrected chi connectivity index (χ4v) is 1.05. The van der Waals surface area contributed by atoms with Crippen molar-refractivity contribution in [2.45, 2.75) is 38.5 Å². The van der Waals surface area contributed by atoms with E-state index in [1.807, 2.05) is 6.92 Å². The second-order valence-electron chi connectivity index (χ2n) is 2.80. The van der Waals surface area contributed by atoms with Gasteiger partial charge in [0.25, 0.3) is 6.26 Å². The van der Waals surface area contributed by atoms with E-state index in [1.54, 1.807) is 0 Å². The number of hydrogen-bond donors (Lipinski definition) is 0. The Kier molecular flexibility index (Phi) is 6.48. The van der Waals surface area contributed by atoms with Crippen LogP contribution in [0.5, 0.6) is 0 Å². The highest BCUT2D eigenvalue weighted by atomic mass is 16.5. The fraction of sp³-hybridized carbons (Fsp3) is 0.667. The van der Waals surface area contributed by atoms with Gasteiger partial charge >= 0.3 is 5.85 Å². The third-order valence-corrected chi connectivity index (χ3v) is 1.76. The largest absolute Gasteiger partial charge is 0.374 e. The molecule has 80 valence electrons. The first-order chi connectivity index (χ1) is 7.24. The van der Waals surface area contributed by atoms with Crippen LogP contribution < -0.4 is 0 Å². The average Bonchev–Trinajstić information content (AvgIpc) is 2.19. The quantitative estimate of drug-likeness (QED) is 0.274. The van der Waals surface area contributed by atoms with E-state index in [0.717, 1.165) is 12.8 Å². The molecule has 0 unspecified atom stereocenters. The molecule has 0 saturated heterocycles. The fourth-order valence-electron chi connectivity index (χ4n) is 1.05. The standard InChI is InChI=1S/C9H11N3O3/c1-2-3-4-5-9(11-7-13,12-8-14)15-6-10/h2-5H2,1H3. The van der Waals surface area contributed by atoms with Crippen LogP contribution in [0.3, 0.4) is 0 Å². The number of isocyanates is 2. The van der Waals surface area contributed by atoms with Crippen LogP contribution in [0, 0.1) is 11.5 Å². The lowest BCUT2D eigenvalue weighted by molar-refractivity contribution is 0.0415. The summed E-state index contributed by atoms with van der Waals surface area (Å²) in [6, 6.07) is 0. The summed E-state index contributed by atoms with van der Waals surface area (Å²) in [6.07, 6.45) is 6.44. The molecular weight excluding hydrogens is 198 g/mol. The molecule has 0 aliphatic rings. The first-order valence-corrected chi connectivity index (χ1v) is 4.50. The highest BCUT2D eigenvalue weighted by molar-refractivity contribution is 5.38. The lowest BCUT2D eigenvalue weighted by Gasteiger charge is -2.17. The van der Waals surface area contributed by atoms with Crippen LogP contribution in [-0.4, -0.2) is 18.0 Å². The van der Waals surface area contributed by atoms with Crippen molar-refractivity contribution in [2.24, 2.45) is 9.98 Å². The van der Waals surface area contributed by atoms with Crippen molar-refractivity contribution < 1.29 is 14.3 Å². The van der Waals surface area contributed by atoms with Crippen LogP contribution in [0.4, 0.5) is 0 Å². The summed E-state index contributed by atoms with van der Waals surface area (Å²) in [5, 5.41) is 8.36. The second-order valence-corrected chi connectivity index (χ2v) is 2.80. The molecule has 6 heteroatoms. The molecule has 0 saturated carbocycles. The molecule has 0 radical (unpaired) electrons. The Morgan fingerprint density at radius 2 is 1.87 bits per heavy atom. The van der Waals surface area contributed by atoms with Gasteiger partial charge in [0.05, 0.1) is 0 Å². The van der Waals surface area contributed by atoms with Crippen molar-refractivity contribution in [3.8, 4) is 6.26 Å². The predicted molar refractivity (Wildman–Crippen MR) is 49.8 cm³/mol. The van der Waals surface area contributed by atoms with Crippen LogP contribution in [0.2, 0.25) is 0 Å². The first kappa shape index (κ1) is 13.1. The number of unbranched alkanes of at least 4 members (excludes halogenated alkanes) is 2. The minimum Gasteiger partial charge on any atom is -0.374 e. The Hall–Kier alpha value is -1.95. The molecule has 0 spiro atoms. The molecule has 0 aliphatic heterocycles. The molecule has 0 atom stereocenters. The number of hydrogen-bond acceptors (Lipinski definition) is 6. The van der Waals surface area contributed by atoms with Crippen molar-refractivity contribution in [1.82, 2.24) is 0 Å². The summed E-state index contributed by atoms with van der Waals surface area (Å²) in [5.41, 5.74) is 0. The third-order valence-electron chi connectivity index (χ3n) is 1.76. The van der Waals surface area contributed by atoms with Crippen molar-refractivity contribution in [1.29, 1.82) is 5.26 Å². The van der Waals surface area contributed by atoms with E-state index in [2.05, 4.69) is 14.7 Å². The van der Waals surface area contributed by atoms with Gasteiger partial charge in [0.2, 0.25) is 12.2 Å². The van der Waals surface area contributed by atoms with E-state index in [4.69, 9.17) is 5.26 Å². The number of aliphatic imine (C=N–C) groups is 2.